The summed E-state index contributed by atoms with van der Waals surface area (Å²) in [6, 6.07) is 15.6. The van der Waals surface area contributed by atoms with Gasteiger partial charge < -0.3 is 9.64 Å². The van der Waals surface area contributed by atoms with Crippen molar-refractivity contribution in [3.05, 3.63) is 64.1 Å². The summed E-state index contributed by atoms with van der Waals surface area (Å²) in [6.07, 6.45) is 0. The number of nitrogens with zero attached hydrogens (tertiary/aromatic N) is 2. The molecule has 1 heterocycles. The Hall–Kier alpha value is -2.29. The summed E-state index contributed by atoms with van der Waals surface area (Å²) in [5.41, 5.74) is 1.93. The number of piperazine rings is 1. The van der Waals surface area contributed by atoms with Crippen LogP contribution in [-0.2, 0) is 4.79 Å². The predicted molar refractivity (Wildman–Crippen MR) is 111 cm³/mol. The minimum atomic E-state index is -0.0800. The number of ether oxygens (including phenoxy) is 1. The molecule has 3 rings (SSSR count). The van der Waals surface area contributed by atoms with Crippen molar-refractivity contribution < 1.29 is 9.53 Å². The number of halogens is 1. The maximum atomic E-state index is 12.0. The van der Waals surface area contributed by atoms with Gasteiger partial charge >= 0.3 is 0 Å². The van der Waals surface area contributed by atoms with Gasteiger partial charge in [-0.25, -0.2) is 0 Å². The van der Waals surface area contributed by atoms with Crippen LogP contribution in [0.25, 0.3) is 0 Å². The van der Waals surface area contributed by atoms with Crippen LogP contribution in [0.3, 0.4) is 0 Å². The molecule has 1 atom stereocenters. The van der Waals surface area contributed by atoms with E-state index < -0.39 is 0 Å². The van der Waals surface area contributed by atoms with E-state index in [2.05, 4.69) is 32.7 Å². The largest absolute Gasteiger partial charge is 0.492 e. The first kappa shape index (κ1) is 19.5. The van der Waals surface area contributed by atoms with Crippen LogP contribution >= 0.6 is 15.9 Å². The van der Waals surface area contributed by atoms with Crippen LogP contribution in [-0.4, -0.2) is 55.0 Å². The van der Waals surface area contributed by atoms with E-state index in [4.69, 9.17) is 4.74 Å². The highest BCUT2D eigenvalue weighted by molar-refractivity contribution is 9.10. The second kappa shape index (κ2) is 9.07. The van der Waals surface area contributed by atoms with Gasteiger partial charge in [-0.3, -0.25) is 9.69 Å². The highest BCUT2D eigenvalue weighted by atomic mass is 79.9. The fourth-order valence-electron chi connectivity index (χ4n) is 2.96. The lowest BCUT2D eigenvalue weighted by Gasteiger charge is -2.37. The molecule has 1 aliphatic heterocycles. The molecule has 1 aliphatic rings. The molecule has 0 saturated carbocycles. The smallest absolute Gasteiger partial charge is 0.239 e. The van der Waals surface area contributed by atoms with E-state index in [9.17, 15) is 4.79 Å². The third-order valence-electron chi connectivity index (χ3n) is 4.70. The molecule has 0 bridgehead atoms. The first-order valence-corrected chi connectivity index (χ1v) is 9.82. The lowest BCUT2D eigenvalue weighted by atomic mass is 10.2. The molecule has 1 saturated heterocycles. The summed E-state index contributed by atoms with van der Waals surface area (Å²) < 4.78 is 6.88. The molecular formula is C22H23BrN2O2. The molecule has 2 aromatic rings. The molecular weight excluding hydrogens is 404 g/mol. The van der Waals surface area contributed by atoms with Gasteiger partial charge in [-0.15, -0.1) is 0 Å². The molecule has 0 N–H and O–H groups in total. The Labute approximate surface area is 169 Å². The van der Waals surface area contributed by atoms with Crippen molar-refractivity contribution in [3.8, 4) is 17.6 Å². The molecule has 27 heavy (non-hydrogen) atoms. The number of carbonyl (C=O) groups is 1. The molecule has 0 aliphatic carbocycles. The normalized spacial score (nSPS) is 17.4. The molecule has 0 radical (unpaired) electrons. The number of rotatable bonds is 4. The van der Waals surface area contributed by atoms with Crippen LogP contribution in [0.15, 0.2) is 53.0 Å². The quantitative estimate of drug-likeness (QED) is 0.702. The molecule has 2 aromatic carbocycles. The van der Waals surface area contributed by atoms with E-state index in [-0.39, 0.29) is 11.9 Å². The van der Waals surface area contributed by atoms with Gasteiger partial charge in [-0.2, -0.15) is 0 Å². The van der Waals surface area contributed by atoms with Crippen LogP contribution in [0.1, 0.15) is 18.1 Å². The number of amides is 1. The van der Waals surface area contributed by atoms with Gasteiger partial charge in [0.2, 0.25) is 5.91 Å². The summed E-state index contributed by atoms with van der Waals surface area (Å²) in [4.78, 5) is 16.0. The van der Waals surface area contributed by atoms with Gasteiger partial charge in [-0.1, -0.05) is 27.8 Å². The molecule has 140 valence electrons. The molecule has 1 fully saturated rings. The average Bonchev–Trinajstić information content (AvgIpc) is 2.68. The van der Waals surface area contributed by atoms with Gasteiger partial charge in [0.25, 0.3) is 0 Å². The highest BCUT2D eigenvalue weighted by Gasteiger charge is 2.28. The van der Waals surface area contributed by atoms with Gasteiger partial charge in [0, 0.05) is 42.3 Å². The zero-order chi connectivity index (χ0) is 19.2. The Morgan fingerprint density at radius 3 is 2.26 bits per heavy atom. The number of likely N-dealkylation sites (N-methyl/N-ethyl adjacent to an activating group) is 1. The minimum absolute atomic E-state index is 0.0800. The fourth-order valence-corrected chi connectivity index (χ4v) is 3.22. The van der Waals surface area contributed by atoms with Crippen molar-refractivity contribution >= 4 is 21.8 Å². The lowest BCUT2D eigenvalue weighted by Crippen LogP contribution is -2.55. The Bertz CT molecular complexity index is 837. The second-order valence-corrected chi connectivity index (χ2v) is 7.52. The number of hydrogen-bond donors (Lipinski definition) is 0. The van der Waals surface area contributed by atoms with Crippen molar-refractivity contribution in [1.29, 1.82) is 0 Å². The highest BCUT2D eigenvalue weighted by Crippen LogP contribution is 2.14. The number of benzene rings is 2. The van der Waals surface area contributed by atoms with E-state index >= 15 is 0 Å². The molecule has 0 unspecified atom stereocenters. The first-order valence-electron chi connectivity index (χ1n) is 9.02. The van der Waals surface area contributed by atoms with Crippen molar-refractivity contribution in [3.63, 3.8) is 0 Å². The standard InChI is InChI=1S/C22H23BrN2O2/c1-17-22(26)24(2)13-14-25(17)15-16-27-21-11-7-19(8-12-21)4-3-18-5-9-20(23)10-6-18/h5-12,17H,13-16H2,1-2H3/t17-/m1/s1. The SMILES string of the molecule is C[C@@H]1C(=O)N(C)CCN1CCOc1ccc(C#Cc2ccc(Br)cc2)cc1. The molecule has 0 aromatic heterocycles. The monoisotopic (exact) mass is 426 g/mol. The van der Waals surface area contributed by atoms with E-state index in [1.807, 2.05) is 62.5 Å². The Morgan fingerprint density at radius 1 is 1.04 bits per heavy atom. The van der Waals surface area contributed by atoms with Crippen molar-refractivity contribution in [2.45, 2.75) is 13.0 Å². The van der Waals surface area contributed by atoms with E-state index in [0.29, 0.717) is 6.61 Å². The van der Waals surface area contributed by atoms with E-state index in [1.165, 1.54) is 0 Å². The van der Waals surface area contributed by atoms with Crippen LogP contribution < -0.4 is 4.74 Å². The summed E-state index contributed by atoms with van der Waals surface area (Å²) in [5, 5.41) is 0. The molecule has 4 nitrogen and oxygen atoms in total. The predicted octanol–water partition coefficient (Wildman–Crippen LogP) is 3.39. The lowest BCUT2D eigenvalue weighted by molar-refractivity contribution is -0.139. The Kier molecular flexibility index (Phi) is 6.54. The van der Waals surface area contributed by atoms with Gasteiger partial charge in [0.05, 0.1) is 6.04 Å². The minimum Gasteiger partial charge on any atom is -0.492 e. The zero-order valence-corrected chi connectivity index (χ0v) is 17.2. The van der Waals surface area contributed by atoms with Gasteiger partial charge in [-0.05, 0) is 55.5 Å². The third-order valence-corrected chi connectivity index (χ3v) is 5.23. The Morgan fingerprint density at radius 2 is 1.63 bits per heavy atom. The third kappa shape index (κ3) is 5.35. The number of carbonyl (C=O) groups excluding carboxylic acids is 1. The maximum Gasteiger partial charge on any atom is 0.239 e. The zero-order valence-electron chi connectivity index (χ0n) is 15.6. The topological polar surface area (TPSA) is 32.8 Å². The number of hydrogen-bond acceptors (Lipinski definition) is 3. The van der Waals surface area contributed by atoms with Crippen LogP contribution in [0.5, 0.6) is 5.75 Å². The van der Waals surface area contributed by atoms with E-state index in [1.54, 1.807) is 4.90 Å². The van der Waals surface area contributed by atoms with Crippen LogP contribution in [0.2, 0.25) is 0 Å². The summed E-state index contributed by atoms with van der Waals surface area (Å²) in [7, 11) is 1.86. The average molecular weight is 427 g/mol. The van der Waals surface area contributed by atoms with Crippen molar-refractivity contribution in [2.75, 3.05) is 33.3 Å². The molecule has 0 spiro atoms. The van der Waals surface area contributed by atoms with Crippen LogP contribution in [0, 0.1) is 11.8 Å². The second-order valence-electron chi connectivity index (χ2n) is 6.60. The van der Waals surface area contributed by atoms with Crippen LogP contribution in [0.4, 0.5) is 0 Å². The Balaban J connectivity index is 1.50. The first-order chi connectivity index (χ1) is 13.0. The van der Waals surface area contributed by atoms with Gasteiger partial charge in [0.15, 0.2) is 0 Å². The van der Waals surface area contributed by atoms with Crippen molar-refractivity contribution in [2.24, 2.45) is 0 Å². The summed E-state index contributed by atoms with van der Waals surface area (Å²) in [5.74, 6) is 7.30. The fraction of sp³-hybridized carbons (Fsp3) is 0.318. The molecule has 5 heteroatoms. The van der Waals surface area contributed by atoms with Gasteiger partial charge in [0.1, 0.15) is 12.4 Å². The van der Waals surface area contributed by atoms with E-state index in [0.717, 1.165) is 41.0 Å². The van der Waals surface area contributed by atoms with Crippen molar-refractivity contribution in [1.82, 2.24) is 9.80 Å². The summed E-state index contributed by atoms with van der Waals surface area (Å²) >= 11 is 3.42. The summed E-state index contributed by atoms with van der Waals surface area (Å²) in [6.45, 7) is 4.92. The maximum absolute atomic E-state index is 12.0. The molecule has 1 amide bonds.